The Morgan fingerprint density at radius 3 is 2.71 bits per heavy atom. The molecule has 2 bridgehead atoms. The number of carboxylic acid groups (broad SMARTS) is 1. The van der Waals surface area contributed by atoms with Crippen molar-refractivity contribution in [3.05, 3.63) is 12.2 Å². The van der Waals surface area contributed by atoms with Gasteiger partial charge >= 0.3 is 5.97 Å². The Balaban J connectivity index is 1.65. The number of carbonyl (C=O) groups is 1. The quantitative estimate of drug-likeness (QED) is 0.548. The first-order valence-corrected chi connectivity index (χ1v) is 6.39. The third-order valence-electron chi connectivity index (χ3n) is 3.72. The lowest BCUT2D eigenvalue weighted by atomic mass is 9.84. The van der Waals surface area contributed by atoms with Gasteiger partial charge in [0.15, 0.2) is 0 Å². The molecule has 2 aliphatic heterocycles. The fourth-order valence-electron chi connectivity index (χ4n) is 2.78. The number of allylic oxidation sites excluding steroid dienone is 2. The molecule has 0 aliphatic carbocycles. The fraction of sp³-hybridized carbons (Fsp3) is 0.769. The molecule has 0 aromatic rings. The van der Waals surface area contributed by atoms with Gasteiger partial charge in [0.2, 0.25) is 0 Å². The number of ether oxygens (including phenoxy) is 1. The van der Waals surface area contributed by atoms with Gasteiger partial charge in [0.05, 0.1) is 18.3 Å². The molecule has 2 rings (SSSR count). The highest BCUT2D eigenvalue weighted by Gasteiger charge is 2.47. The molecule has 2 heterocycles. The van der Waals surface area contributed by atoms with Crippen LogP contribution in [0.15, 0.2) is 12.2 Å². The summed E-state index contributed by atoms with van der Waals surface area (Å²) < 4.78 is 5.65. The second-order valence-corrected chi connectivity index (χ2v) is 4.94. The van der Waals surface area contributed by atoms with Crippen LogP contribution in [-0.4, -0.2) is 34.5 Å². The van der Waals surface area contributed by atoms with Crippen LogP contribution < -0.4 is 0 Å². The number of rotatable bonds is 6. The zero-order valence-electron chi connectivity index (χ0n) is 9.92. The van der Waals surface area contributed by atoms with Crippen molar-refractivity contribution >= 4 is 5.97 Å². The predicted octanol–water partition coefficient (Wildman–Crippen LogP) is 1.73. The maximum atomic E-state index is 10.3. The molecular weight excluding hydrogens is 220 g/mol. The minimum absolute atomic E-state index is 0.0606. The summed E-state index contributed by atoms with van der Waals surface area (Å²) in [6, 6.07) is 0. The molecule has 96 valence electrons. The van der Waals surface area contributed by atoms with E-state index in [0.717, 1.165) is 25.7 Å². The van der Waals surface area contributed by atoms with Crippen molar-refractivity contribution < 1.29 is 19.7 Å². The molecule has 17 heavy (non-hydrogen) atoms. The molecule has 0 radical (unpaired) electrons. The summed E-state index contributed by atoms with van der Waals surface area (Å²) in [5.74, 6) is -0.500. The lowest BCUT2D eigenvalue weighted by Crippen LogP contribution is -2.31. The van der Waals surface area contributed by atoms with Crippen LogP contribution in [0.3, 0.4) is 0 Å². The Hall–Kier alpha value is -0.870. The molecule has 4 heteroatoms. The fourth-order valence-corrected chi connectivity index (χ4v) is 2.78. The maximum Gasteiger partial charge on any atom is 0.303 e. The summed E-state index contributed by atoms with van der Waals surface area (Å²) in [5, 5.41) is 18.4. The number of hydrogen-bond donors (Lipinski definition) is 2. The van der Waals surface area contributed by atoms with Crippen LogP contribution in [-0.2, 0) is 9.53 Å². The van der Waals surface area contributed by atoms with Gasteiger partial charge in [-0.15, -0.1) is 0 Å². The van der Waals surface area contributed by atoms with Crippen molar-refractivity contribution in [1.29, 1.82) is 0 Å². The van der Waals surface area contributed by atoms with E-state index in [9.17, 15) is 9.90 Å². The Morgan fingerprint density at radius 1 is 1.29 bits per heavy atom. The van der Waals surface area contributed by atoms with Crippen LogP contribution >= 0.6 is 0 Å². The monoisotopic (exact) mass is 240 g/mol. The van der Waals surface area contributed by atoms with Gasteiger partial charge in [0.1, 0.15) is 0 Å². The molecule has 0 amide bonds. The van der Waals surface area contributed by atoms with E-state index in [1.54, 1.807) is 0 Å². The molecule has 0 saturated carbocycles. The number of aliphatic hydroxyl groups is 1. The van der Waals surface area contributed by atoms with E-state index >= 15 is 0 Å². The van der Waals surface area contributed by atoms with Crippen molar-refractivity contribution in [2.75, 3.05) is 0 Å². The van der Waals surface area contributed by atoms with Gasteiger partial charge < -0.3 is 14.9 Å². The summed E-state index contributed by atoms with van der Waals surface area (Å²) in [7, 11) is 0. The summed E-state index contributed by atoms with van der Waals surface area (Å²) in [6.07, 6.45) is 8.66. The molecular formula is C13H20O4. The molecule has 2 aliphatic rings. The largest absolute Gasteiger partial charge is 0.481 e. The van der Waals surface area contributed by atoms with Crippen molar-refractivity contribution in [1.82, 2.24) is 0 Å². The summed E-state index contributed by atoms with van der Waals surface area (Å²) in [6.45, 7) is 0. The van der Waals surface area contributed by atoms with Crippen LogP contribution in [0, 0.1) is 5.92 Å². The lowest BCUT2D eigenvalue weighted by Gasteiger charge is -2.22. The number of unbranched alkanes of at least 4 members (excludes halogenated alkanes) is 1. The minimum Gasteiger partial charge on any atom is -0.481 e. The van der Waals surface area contributed by atoms with Gasteiger partial charge in [-0.2, -0.15) is 0 Å². The highest BCUT2D eigenvalue weighted by Crippen LogP contribution is 2.40. The van der Waals surface area contributed by atoms with Crippen molar-refractivity contribution in [2.45, 2.75) is 56.8 Å². The van der Waals surface area contributed by atoms with Gasteiger partial charge in [0, 0.05) is 12.3 Å². The van der Waals surface area contributed by atoms with Crippen LogP contribution in [0.25, 0.3) is 0 Å². The summed E-state index contributed by atoms with van der Waals surface area (Å²) in [4.78, 5) is 10.3. The Labute approximate surface area is 101 Å². The number of carboxylic acids is 1. The van der Waals surface area contributed by atoms with Crippen LogP contribution in [0.2, 0.25) is 0 Å². The van der Waals surface area contributed by atoms with Crippen LogP contribution in [0.5, 0.6) is 0 Å². The van der Waals surface area contributed by atoms with E-state index in [-0.39, 0.29) is 30.7 Å². The zero-order valence-corrected chi connectivity index (χ0v) is 9.92. The van der Waals surface area contributed by atoms with Crippen LogP contribution in [0.4, 0.5) is 0 Å². The van der Waals surface area contributed by atoms with Crippen LogP contribution in [0.1, 0.15) is 38.5 Å². The SMILES string of the molecule is O=C(O)CCCC=CC[C@H]1[C@H](O)[C@@H]2CC[C@@H]1O2. The molecule has 0 aromatic carbocycles. The summed E-state index contributed by atoms with van der Waals surface area (Å²) in [5.41, 5.74) is 0. The molecule has 0 unspecified atom stereocenters. The first kappa shape index (κ1) is 12.6. The smallest absolute Gasteiger partial charge is 0.303 e. The lowest BCUT2D eigenvalue weighted by molar-refractivity contribution is -0.137. The van der Waals surface area contributed by atoms with Crippen molar-refractivity contribution in [3.63, 3.8) is 0 Å². The van der Waals surface area contributed by atoms with E-state index in [1.165, 1.54) is 0 Å². The van der Waals surface area contributed by atoms with Gasteiger partial charge in [-0.3, -0.25) is 4.79 Å². The molecule has 2 saturated heterocycles. The highest BCUT2D eigenvalue weighted by molar-refractivity contribution is 5.66. The van der Waals surface area contributed by atoms with Gasteiger partial charge in [0.25, 0.3) is 0 Å². The Kier molecular flexibility index (Phi) is 4.18. The van der Waals surface area contributed by atoms with E-state index in [0.29, 0.717) is 6.42 Å². The second kappa shape index (κ2) is 5.65. The first-order valence-electron chi connectivity index (χ1n) is 6.39. The Bertz CT molecular complexity index is 298. The average molecular weight is 240 g/mol. The third kappa shape index (κ3) is 3.07. The Morgan fingerprint density at radius 2 is 2.06 bits per heavy atom. The van der Waals surface area contributed by atoms with E-state index in [1.807, 2.05) is 6.08 Å². The van der Waals surface area contributed by atoms with Gasteiger partial charge in [-0.25, -0.2) is 0 Å². The molecule has 4 atom stereocenters. The molecule has 2 N–H and O–H groups in total. The van der Waals surface area contributed by atoms with Gasteiger partial charge in [-0.05, 0) is 32.1 Å². The number of fused-ring (bicyclic) bond motifs is 2. The second-order valence-electron chi connectivity index (χ2n) is 4.94. The molecule has 0 spiro atoms. The minimum atomic E-state index is -0.740. The van der Waals surface area contributed by atoms with E-state index < -0.39 is 5.97 Å². The van der Waals surface area contributed by atoms with Gasteiger partial charge in [-0.1, -0.05) is 12.2 Å². The highest BCUT2D eigenvalue weighted by atomic mass is 16.5. The topological polar surface area (TPSA) is 66.8 Å². The molecule has 4 nitrogen and oxygen atoms in total. The maximum absolute atomic E-state index is 10.3. The molecule has 0 aromatic heterocycles. The average Bonchev–Trinajstić information content (AvgIpc) is 2.85. The number of aliphatic hydroxyl groups excluding tert-OH is 1. The normalized spacial score (nSPS) is 35.8. The zero-order chi connectivity index (χ0) is 12.3. The van der Waals surface area contributed by atoms with E-state index in [2.05, 4.69) is 6.08 Å². The standard InChI is InChI=1S/C13H20O4/c14-12(15)6-4-2-1-3-5-9-10-7-8-11(17-10)13(9)16/h1,3,9-11,13,16H,2,4-8H2,(H,14,15)/t9-,10+,11+,13+/m1/s1. The first-order chi connectivity index (χ1) is 8.18. The number of hydrogen-bond acceptors (Lipinski definition) is 3. The summed E-state index contributed by atoms with van der Waals surface area (Å²) >= 11 is 0. The van der Waals surface area contributed by atoms with E-state index in [4.69, 9.17) is 9.84 Å². The third-order valence-corrected chi connectivity index (χ3v) is 3.72. The molecule has 2 fully saturated rings. The van der Waals surface area contributed by atoms with Crippen molar-refractivity contribution in [3.8, 4) is 0 Å². The number of aliphatic carboxylic acids is 1. The van der Waals surface area contributed by atoms with Crippen molar-refractivity contribution in [2.24, 2.45) is 5.92 Å². The predicted molar refractivity (Wildman–Crippen MR) is 62.6 cm³/mol.